The molecule has 2 heterocycles. The molecular formula is C18H16N2O2S. The van der Waals surface area contributed by atoms with Gasteiger partial charge in [0.15, 0.2) is 9.84 Å². The molecule has 0 aliphatic carbocycles. The Labute approximate surface area is 134 Å². The first-order valence-electron chi connectivity index (χ1n) is 7.33. The number of hydrogen-bond donors (Lipinski definition) is 0. The fourth-order valence-corrected chi connectivity index (χ4v) is 4.36. The molecule has 0 bridgehead atoms. The second-order valence-electron chi connectivity index (χ2n) is 5.73. The Balaban J connectivity index is 2.20. The fraction of sp³-hybridized carbons (Fsp3) is 0.111. The minimum Gasteiger partial charge on any atom is -0.283 e. The van der Waals surface area contributed by atoms with E-state index in [0.717, 1.165) is 27.7 Å². The summed E-state index contributed by atoms with van der Waals surface area (Å²) in [6, 6.07) is 19.5. The highest BCUT2D eigenvalue weighted by Gasteiger charge is 2.23. The van der Waals surface area contributed by atoms with Crippen LogP contribution in [0.3, 0.4) is 0 Å². The Morgan fingerprint density at radius 2 is 1.52 bits per heavy atom. The molecule has 5 heteroatoms. The largest absolute Gasteiger partial charge is 0.283 e. The second kappa shape index (κ2) is 4.73. The lowest BCUT2D eigenvalue weighted by Gasteiger charge is -2.05. The predicted molar refractivity (Wildman–Crippen MR) is 92.4 cm³/mol. The van der Waals surface area contributed by atoms with Crippen LogP contribution in [0.25, 0.3) is 27.7 Å². The number of rotatable bonds is 2. The van der Waals surface area contributed by atoms with Gasteiger partial charge < -0.3 is 0 Å². The van der Waals surface area contributed by atoms with E-state index in [4.69, 9.17) is 0 Å². The van der Waals surface area contributed by atoms with Crippen LogP contribution in [0.1, 0.15) is 0 Å². The lowest BCUT2D eigenvalue weighted by Crippen LogP contribution is -2.00. The first-order valence-corrected chi connectivity index (χ1v) is 9.22. The van der Waals surface area contributed by atoms with Gasteiger partial charge in [0.1, 0.15) is 4.90 Å². The Kier molecular flexibility index (Phi) is 2.90. The molecule has 0 radical (unpaired) electrons. The van der Waals surface area contributed by atoms with Gasteiger partial charge in [-0.2, -0.15) is 0 Å². The van der Waals surface area contributed by atoms with Crippen LogP contribution in [0, 0.1) is 0 Å². The van der Waals surface area contributed by atoms with E-state index in [-0.39, 0.29) is 0 Å². The highest BCUT2D eigenvalue weighted by molar-refractivity contribution is 7.91. The van der Waals surface area contributed by atoms with Crippen LogP contribution in [0.2, 0.25) is 0 Å². The summed E-state index contributed by atoms with van der Waals surface area (Å²) in [5.74, 6) is 0. The summed E-state index contributed by atoms with van der Waals surface area (Å²) >= 11 is 0. The number of nitrogens with zero attached hydrogens (tertiary/aromatic N) is 2. The SMILES string of the molecule is Cn1c(-c2ccccc2)cc2c(S(C)(=O)=O)c3ccccc3n21. The van der Waals surface area contributed by atoms with Gasteiger partial charge in [0.25, 0.3) is 0 Å². The van der Waals surface area contributed by atoms with Crippen molar-refractivity contribution >= 4 is 26.3 Å². The maximum absolute atomic E-state index is 12.4. The van der Waals surface area contributed by atoms with E-state index in [9.17, 15) is 8.42 Å². The molecule has 0 atom stereocenters. The number of aryl methyl sites for hydroxylation is 1. The van der Waals surface area contributed by atoms with Crippen LogP contribution in [-0.2, 0) is 16.9 Å². The maximum Gasteiger partial charge on any atom is 0.178 e. The Hall–Kier alpha value is -2.53. The summed E-state index contributed by atoms with van der Waals surface area (Å²) in [5.41, 5.74) is 3.65. The molecular weight excluding hydrogens is 308 g/mol. The van der Waals surface area contributed by atoms with Crippen molar-refractivity contribution in [3.8, 4) is 11.3 Å². The monoisotopic (exact) mass is 324 g/mol. The van der Waals surface area contributed by atoms with E-state index >= 15 is 0 Å². The Morgan fingerprint density at radius 1 is 0.870 bits per heavy atom. The van der Waals surface area contributed by atoms with Crippen LogP contribution < -0.4 is 0 Å². The molecule has 116 valence electrons. The summed E-state index contributed by atoms with van der Waals surface area (Å²) in [6.07, 6.45) is 1.27. The molecule has 0 spiro atoms. The predicted octanol–water partition coefficient (Wildman–Crippen LogP) is 3.50. The summed E-state index contributed by atoms with van der Waals surface area (Å²) in [4.78, 5) is 0.394. The molecule has 23 heavy (non-hydrogen) atoms. The topological polar surface area (TPSA) is 43.5 Å². The average molecular weight is 324 g/mol. The van der Waals surface area contributed by atoms with Gasteiger partial charge in [-0.05, 0) is 17.7 Å². The lowest BCUT2D eigenvalue weighted by atomic mass is 10.1. The third kappa shape index (κ3) is 2.00. The zero-order valence-electron chi connectivity index (χ0n) is 12.9. The quantitative estimate of drug-likeness (QED) is 0.566. The van der Waals surface area contributed by atoms with E-state index in [1.807, 2.05) is 76.9 Å². The number of fused-ring (bicyclic) bond motifs is 3. The normalized spacial score (nSPS) is 12.3. The minimum absolute atomic E-state index is 0.394. The maximum atomic E-state index is 12.4. The molecule has 0 saturated heterocycles. The summed E-state index contributed by atoms with van der Waals surface area (Å²) < 4.78 is 28.7. The van der Waals surface area contributed by atoms with Gasteiger partial charge in [-0.15, -0.1) is 0 Å². The number of sulfone groups is 1. The Morgan fingerprint density at radius 3 is 2.22 bits per heavy atom. The summed E-state index contributed by atoms with van der Waals surface area (Å²) in [6.45, 7) is 0. The summed E-state index contributed by atoms with van der Waals surface area (Å²) in [7, 11) is -1.38. The van der Waals surface area contributed by atoms with Crippen molar-refractivity contribution in [2.75, 3.05) is 6.26 Å². The third-order valence-corrected chi connectivity index (χ3v) is 5.37. The molecule has 0 saturated carbocycles. The molecule has 4 nitrogen and oxygen atoms in total. The van der Waals surface area contributed by atoms with Crippen molar-refractivity contribution in [2.45, 2.75) is 4.90 Å². The van der Waals surface area contributed by atoms with Crippen molar-refractivity contribution in [3.63, 3.8) is 0 Å². The lowest BCUT2D eigenvalue weighted by molar-refractivity contribution is 0.603. The molecule has 0 N–H and O–H groups in total. The van der Waals surface area contributed by atoms with Crippen LogP contribution in [-0.4, -0.2) is 23.9 Å². The van der Waals surface area contributed by atoms with Gasteiger partial charge in [0.05, 0.1) is 16.7 Å². The van der Waals surface area contributed by atoms with Crippen molar-refractivity contribution in [1.29, 1.82) is 0 Å². The van der Waals surface area contributed by atoms with E-state index in [2.05, 4.69) is 0 Å². The van der Waals surface area contributed by atoms with Gasteiger partial charge in [-0.25, -0.2) is 8.42 Å². The van der Waals surface area contributed by atoms with Crippen molar-refractivity contribution in [3.05, 3.63) is 60.7 Å². The van der Waals surface area contributed by atoms with Gasteiger partial charge in [0.2, 0.25) is 0 Å². The molecule has 0 fully saturated rings. The molecule has 2 aromatic carbocycles. The van der Waals surface area contributed by atoms with Crippen LogP contribution >= 0.6 is 0 Å². The number of para-hydroxylation sites is 1. The number of hydrogen-bond acceptors (Lipinski definition) is 2. The third-order valence-electron chi connectivity index (χ3n) is 4.20. The molecule has 2 aromatic heterocycles. The molecule has 0 unspecified atom stereocenters. The molecule has 0 aliphatic rings. The average Bonchev–Trinajstić information content (AvgIpc) is 3.02. The second-order valence-corrected chi connectivity index (χ2v) is 7.69. The first-order chi connectivity index (χ1) is 11.0. The smallest absolute Gasteiger partial charge is 0.178 e. The molecule has 0 aliphatic heterocycles. The number of benzene rings is 2. The van der Waals surface area contributed by atoms with Crippen LogP contribution in [0.4, 0.5) is 0 Å². The molecule has 0 amide bonds. The van der Waals surface area contributed by atoms with Gasteiger partial charge in [0, 0.05) is 18.7 Å². The van der Waals surface area contributed by atoms with Crippen LogP contribution in [0.5, 0.6) is 0 Å². The highest BCUT2D eigenvalue weighted by Crippen LogP contribution is 2.34. The van der Waals surface area contributed by atoms with Gasteiger partial charge in [-0.3, -0.25) is 9.20 Å². The van der Waals surface area contributed by atoms with Crippen molar-refractivity contribution in [2.24, 2.45) is 7.05 Å². The van der Waals surface area contributed by atoms with E-state index < -0.39 is 9.84 Å². The Bertz CT molecular complexity index is 1140. The van der Waals surface area contributed by atoms with E-state index in [1.54, 1.807) is 0 Å². The van der Waals surface area contributed by atoms with Gasteiger partial charge in [-0.1, -0.05) is 48.5 Å². The van der Waals surface area contributed by atoms with Crippen LogP contribution in [0.15, 0.2) is 65.6 Å². The van der Waals surface area contributed by atoms with E-state index in [0.29, 0.717) is 4.90 Å². The van der Waals surface area contributed by atoms with E-state index in [1.165, 1.54) is 6.26 Å². The molecule has 4 rings (SSSR count). The van der Waals surface area contributed by atoms with Gasteiger partial charge >= 0.3 is 0 Å². The standard InChI is InChI=1S/C18H16N2O2S/c1-19-16(13-8-4-3-5-9-13)12-17-18(23(2,21)22)14-10-6-7-11-15(14)20(17)19/h3-12H,1-2H3. The first kappa shape index (κ1) is 14.1. The zero-order chi connectivity index (χ0) is 16.2. The summed E-state index contributed by atoms with van der Waals surface area (Å²) in [5, 5.41) is 0.764. The highest BCUT2D eigenvalue weighted by atomic mass is 32.2. The number of aromatic nitrogens is 2. The van der Waals surface area contributed by atoms with Crippen molar-refractivity contribution < 1.29 is 8.42 Å². The zero-order valence-corrected chi connectivity index (χ0v) is 13.7. The minimum atomic E-state index is -3.33. The fourth-order valence-electron chi connectivity index (χ4n) is 3.26. The van der Waals surface area contributed by atoms with Crippen molar-refractivity contribution in [1.82, 2.24) is 9.20 Å². The molecule has 4 aromatic rings.